The van der Waals surface area contributed by atoms with Crippen LogP contribution < -0.4 is 9.80 Å². The van der Waals surface area contributed by atoms with Gasteiger partial charge in [-0.15, -0.1) is 0 Å². The third-order valence-electron chi connectivity index (χ3n) is 5.93. The monoisotopic (exact) mass is 464 g/mol. The van der Waals surface area contributed by atoms with Gasteiger partial charge in [0.2, 0.25) is 0 Å². The average molecular weight is 465 g/mol. The molecule has 1 heterocycles. The van der Waals surface area contributed by atoms with E-state index < -0.39 is 0 Å². The number of carbonyl (C=O) groups excluding carboxylic acids is 1. The van der Waals surface area contributed by atoms with Crippen molar-refractivity contribution in [2.24, 2.45) is 0 Å². The summed E-state index contributed by atoms with van der Waals surface area (Å²) >= 11 is 0. The highest BCUT2D eigenvalue weighted by molar-refractivity contribution is 5.82. The van der Waals surface area contributed by atoms with E-state index in [1.165, 1.54) is 0 Å². The highest BCUT2D eigenvalue weighted by atomic mass is 16.1. The molecule has 0 saturated heterocycles. The lowest BCUT2D eigenvalue weighted by Gasteiger charge is -2.13. The molecule has 0 spiro atoms. The van der Waals surface area contributed by atoms with E-state index in [0.717, 1.165) is 50.8 Å². The molecule has 0 radical (unpaired) electrons. The normalized spacial score (nSPS) is 11.1. The van der Waals surface area contributed by atoms with Crippen LogP contribution >= 0.6 is 0 Å². The second kappa shape index (κ2) is 10.4. The Morgan fingerprint density at radius 2 is 1.29 bits per heavy atom. The van der Waals surface area contributed by atoms with Crippen molar-refractivity contribution in [1.82, 2.24) is 9.97 Å². The zero-order valence-corrected chi connectivity index (χ0v) is 21.0. The molecule has 4 rings (SSSR count). The number of aromatic nitrogens is 2. The maximum absolute atomic E-state index is 11.2. The van der Waals surface area contributed by atoms with Crippen molar-refractivity contribution in [2.45, 2.75) is 13.3 Å². The quantitative estimate of drug-likeness (QED) is 0.322. The number of imidazole rings is 1. The molecule has 1 aromatic heterocycles. The van der Waals surface area contributed by atoms with Crippen molar-refractivity contribution in [1.29, 1.82) is 0 Å². The standard InChI is InChI=1S/C30H32N4O/c1-21(35)7-6-8-22-9-11-25(12-10-22)30-31-28(23-13-17-26(18-14-23)33(2)3)29(32-30)24-15-19-27(20-16-24)34(4)5/h6,8-20H,7H2,1-5H3,(H,31,32). The van der Waals surface area contributed by atoms with Gasteiger partial charge in [-0.2, -0.15) is 0 Å². The van der Waals surface area contributed by atoms with Crippen LogP contribution in [0.1, 0.15) is 18.9 Å². The molecule has 0 aliphatic carbocycles. The third-order valence-corrected chi connectivity index (χ3v) is 5.93. The second-order valence-electron chi connectivity index (χ2n) is 9.12. The number of aromatic amines is 1. The maximum atomic E-state index is 11.2. The molecule has 4 aromatic rings. The Kier molecular flexibility index (Phi) is 7.16. The molecule has 35 heavy (non-hydrogen) atoms. The van der Waals surface area contributed by atoms with Crippen LogP contribution in [0.3, 0.4) is 0 Å². The van der Waals surface area contributed by atoms with Gasteiger partial charge in [-0.1, -0.05) is 60.7 Å². The largest absolute Gasteiger partial charge is 0.378 e. The number of carbonyl (C=O) groups is 1. The van der Waals surface area contributed by atoms with E-state index in [4.69, 9.17) is 4.98 Å². The molecule has 0 saturated carbocycles. The van der Waals surface area contributed by atoms with Gasteiger partial charge in [-0.25, -0.2) is 4.98 Å². The molecule has 0 fully saturated rings. The van der Waals surface area contributed by atoms with Crippen LogP contribution in [0.15, 0.2) is 78.9 Å². The SMILES string of the molecule is CC(=O)CC=Cc1ccc(-c2nc(-c3ccc(N(C)C)cc3)c(-c3ccc(N(C)C)cc3)[nH]2)cc1. The first kappa shape index (κ1) is 24.0. The predicted molar refractivity (Wildman–Crippen MR) is 148 cm³/mol. The van der Waals surface area contributed by atoms with E-state index in [0.29, 0.717) is 6.42 Å². The minimum absolute atomic E-state index is 0.158. The number of nitrogens with one attached hydrogen (secondary N) is 1. The lowest BCUT2D eigenvalue weighted by Crippen LogP contribution is -2.08. The number of H-pyrrole nitrogens is 1. The van der Waals surface area contributed by atoms with Crippen LogP contribution in [0, 0.1) is 0 Å². The number of benzene rings is 3. The van der Waals surface area contributed by atoms with Crippen LogP contribution in [-0.4, -0.2) is 43.9 Å². The van der Waals surface area contributed by atoms with E-state index in [9.17, 15) is 4.79 Å². The van der Waals surface area contributed by atoms with Gasteiger partial charge in [-0.05, 0) is 36.8 Å². The smallest absolute Gasteiger partial charge is 0.138 e. The van der Waals surface area contributed by atoms with Gasteiger partial charge in [0.25, 0.3) is 0 Å². The first-order chi connectivity index (χ1) is 16.8. The molecule has 5 nitrogen and oxygen atoms in total. The van der Waals surface area contributed by atoms with Crippen molar-refractivity contribution in [3.63, 3.8) is 0 Å². The van der Waals surface area contributed by atoms with Gasteiger partial charge >= 0.3 is 0 Å². The summed E-state index contributed by atoms with van der Waals surface area (Å²) in [6, 6.07) is 25.2. The number of Topliss-reactive ketones (excluding diaryl/α,β-unsaturated/α-hetero) is 1. The fraction of sp³-hybridized carbons (Fsp3) is 0.200. The lowest BCUT2D eigenvalue weighted by atomic mass is 10.0. The number of allylic oxidation sites excluding steroid dienone is 1. The van der Waals surface area contributed by atoms with Crippen LogP contribution in [0.25, 0.3) is 40.0 Å². The van der Waals surface area contributed by atoms with E-state index in [2.05, 4.69) is 75.4 Å². The molecule has 178 valence electrons. The van der Waals surface area contributed by atoms with E-state index in [1.807, 2.05) is 52.5 Å². The first-order valence-corrected chi connectivity index (χ1v) is 11.7. The summed E-state index contributed by atoms with van der Waals surface area (Å²) in [6.45, 7) is 1.60. The Hall–Kier alpha value is -4.12. The molecule has 0 bridgehead atoms. The number of nitrogens with zero attached hydrogens (tertiary/aromatic N) is 3. The van der Waals surface area contributed by atoms with Gasteiger partial charge in [-0.3, -0.25) is 4.79 Å². The maximum Gasteiger partial charge on any atom is 0.138 e. The number of hydrogen-bond acceptors (Lipinski definition) is 4. The summed E-state index contributed by atoms with van der Waals surface area (Å²) in [6.07, 6.45) is 4.32. The fourth-order valence-electron chi connectivity index (χ4n) is 3.88. The summed E-state index contributed by atoms with van der Waals surface area (Å²) in [5.74, 6) is 0.980. The van der Waals surface area contributed by atoms with Gasteiger partial charge in [0.15, 0.2) is 0 Å². The summed E-state index contributed by atoms with van der Waals surface area (Å²) in [4.78, 5) is 24.0. The van der Waals surface area contributed by atoms with Crippen molar-refractivity contribution < 1.29 is 4.79 Å². The van der Waals surface area contributed by atoms with Gasteiger partial charge < -0.3 is 14.8 Å². The number of hydrogen-bond donors (Lipinski definition) is 1. The minimum Gasteiger partial charge on any atom is -0.378 e. The Labute approximate surface area is 207 Å². The average Bonchev–Trinajstić information content (AvgIpc) is 3.30. The van der Waals surface area contributed by atoms with Crippen molar-refractivity contribution in [3.8, 4) is 33.9 Å². The zero-order valence-electron chi connectivity index (χ0n) is 21.0. The van der Waals surface area contributed by atoms with Gasteiger partial charge in [0.1, 0.15) is 11.6 Å². The molecular weight excluding hydrogens is 432 g/mol. The predicted octanol–water partition coefficient (Wildman–Crippen LogP) is 6.54. The van der Waals surface area contributed by atoms with Crippen molar-refractivity contribution >= 4 is 23.2 Å². The van der Waals surface area contributed by atoms with E-state index >= 15 is 0 Å². The molecule has 1 N–H and O–H groups in total. The molecule has 0 atom stereocenters. The third kappa shape index (κ3) is 5.69. The summed E-state index contributed by atoms with van der Waals surface area (Å²) in [5.41, 5.74) is 8.44. The molecule has 0 unspecified atom stereocenters. The topological polar surface area (TPSA) is 52.2 Å². The summed E-state index contributed by atoms with van der Waals surface area (Å²) in [7, 11) is 8.16. The molecule has 0 amide bonds. The van der Waals surface area contributed by atoms with E-state index in [1.54, 1.807) is 6.92 Å². The fourth-order valence-corrected chi connectivity index (χ4v) is 3.88. The van der Waals surface area contributed by atoms with Crippen LogP contribution in [-0.2, 0) is 4.79 Å². The van der Waals surface area contributed by atoms with Crippen LogP contribution in [0.4, 0.5) is 11.4 Å². The Morgan fingerprint density at radius 3 is 1.80 bits per heavy atom. The Morgan fingerprint density at radius 1 is 0.771 bits per heavy atom. The number of rotatable bonds is 8. The second-order valence-corrected chi connectivity index (χ2v) is 9.12. The van der Waals surface area contributed by atoms with E-state index in [-0.39, 0.29) is 5.78 Å². The highest BCUT2D eigenvalue weighted by Crippen LogP contribution is 2.34. The minimum atomic E-state index is 0.158. The summed E-state index contributed by atoms with van der Waals surface area (Å²) in [5, 5.41) is 0. The molecule has 3 aromatic carbocycles. The van der Waals surface area contributed by atoms with Gasteiger partial charge in [0, 0.05) is 62.7 Å². The van der Waals surface area contributed by atoms with Crippen LogP contribution in [0.5, 0.6) is 0 Å². The molecular formula is C30H32N4O. The van der Waals surface area contributed by atoms with Crippen molar-refractivity contribution in [2.75, 3.05) is 38.0 Å². The number of anilines is 2. The molecule has 0 aliphatic rings. The van der Waals surface area contributed by atoms with Crippen molar-refractivity contribution in [3.05, 3.63) is 84.4 Å². The van der Waals surface area contributed by atoms with Crippen LogP contribution in [0.2, 0.25) is 0 Å². The highest BCUT2D eigenvalue weighted by Gasteiger charge is 2.16. The summed E-state index contributed by atoms with van der Waals surface area (Å²) < 4.78 is 0. The zero-order chi connectivity index (χ0) is 24.9. The first-order valence-electron chi connectivity index (χ1n) is 11.7. The Bertz CT molecular complexity index is 1240. The Balaban J connectivity index is 1.73. The number of ketones is 1. The molecule has 0 aliphatic heterocycles. The molecule has 5 heteroatoms. The lowest BCUT2D eigenvalue weighted by molar-refractivity contribution is -0.116. The van der Waals surface area contributed by atoms with Gasteiger partial charge in [0.05, 0.1) is 11.4 Å².